The Kier molecular flexibility index (Phi) is 4.77. The second-order valence-electron chi connectivity index (χ2n) is 4.89. The van der Waals surface area contributed by atoms with E-state index in [1.165, 1.54) is 12.1 Å². The number of carbonyl (C=O) groups is 2. The van der Waals surface area contributed by atoms with E-state index in [4.69, 9.17) is 11.6 Å². The molecule has 1 amide bonds. The number of nitrogens with one attached hydrogen (secondary N) is 1. The second-order valence-corrected chi connectivity index (χ2v) is 5.29. The molecule has 0 unspecified atom stereocenters. The molecule has 1 aromatic rings. The molecule has 0 heterocycles. The second kappa shape index (κ2) is 6.57. The number of carboxylic acids is 1. The number of aliphatic carboxylic acids is 1. The number of carbonyl (C=O) groups excluding carboxylic acids is 2. The number of halogens is 1. The fourth-order valence-corrected chi connectivity index (χ4v) is 2.53. The number of anilines is 1. The highest BCUT2D eigenvalue weighted by Crippen LogP contribution is 2.30. The first-order valence-corrected chi connectivity index (χ1v) is 6.88. The minimum absolute atomic E-state index is 0.0129. The first-order chi connectivity index (χ1) is 10.4. The fraction of sp³-hybridized carbons (Fsp3) is 0.286. The largest absolute Gasteiger partial charge is 0.550 e. The highest BCUT2D eigenvalue weighted by molar-refractivity contribution is 6.34. The lowest BCUT2D eigenvalue weighted by molar-refractivity contribution is -0.384. The van der Waals surface area contributed by atoms with Crippen molar-refractivity contribution in [1.29, 1.82) is 0 Å². The van der Waals surface area contributed by atoms with Crippen LogP contribution in [0.4, 0.5) is 11.4 Å². The number of non-ortho nitro benzene ring substituents is 1. The zero-order valence-electron chi connectivity index (χ0n) is 11.3. The molecule has 0 fully saturated rings. The van der Waals surface area contributed by atoms with Gasteiger partial charge in [0.15, 0.2) is 0 Å². The third kappa shape index (κ3) is 3.43. The monoisotopic (exact) mass is 323 g/mol. The molecule has 1 aliphatic rings. The van der Waals surface area contributed by atoms with Gasteiger partial charge in [-0.25, -0.2) is 0 Å². The Morgan fingerprint density at radius 2 is 1.86 bits per heavy atom. The Balaban J connectivity index is 2.16. The van der Waals surface area contributed by atoms with Gasteiger partial charge in [-0.15, -0.1) is 0 Å². The number of nitro groups is 1. The number of hydrogen-bond acceptors (Lipinski definition) is 5. The van der Waals surface area contributed by atoms with Gasteiger partial charge in [-0.1, -0.05) is 23.8 Å². The molecule has 22 heavy (non-hydrogen) atoms. The summed E-state index contributed by atoms with van der Waals surface area (Å²) in [5.74, 6) is -3.45. The summed E-state index contributed by atoms with van der Waals surface area (Å²) in [6.45, 7) is 0. The van der Waals surface area contributed by atoms with E-state index in [9.17, 15) is 24.8 Å². The summed E-state index contributed by atoms with van der Waals surface area (Å²) in [4.78, 5) is 33.3. The van der Waals surface area contributed by atoms with Crippen LogP contribution in [0.1, 0.15) is 12.8 Å². The van der Waals surface area contributed by atoms with E-state index in [-0.39, 0.29) is 29.2 Å². The van der Waals surface area contributed by atoms with Gasteiger partial charge in [0.05, 0.1) is 21.6 Å². The Morgan fingerprint density at radius 3 is 2.41 bits per heavy atom. The van der Waals surface area contributed by atoms with E-state index in [1.54, 1.807) is 12.2 Å². The summed E-state index contributed by atoms with van der Waals surface area (Å²) < 4.78 is 0. The summed E-state index contributed by atoms with van der Waals surface area (Å²) in [5.41, 5.74) is 0.000119. The van der Waals surface area contributed by atoms with E-state index >= 15 is 0 Å². The van der Waals surface area contributed by atoms with Crippen LogP contribution in [-0.4, -0.2) is 16.8 Å². The van der Waals surface area contributed by atoms with Crippen LogP contribution in [0.15, 0.2) is 30.4 Å². The number of allylic oxidation sites excluding steroid dienone is 2. The molecule has 2 atom stereocenters. The molecule has 116 valence electrons. The number of hydrogen-bond donors (Lipinski definition) is 1. The van der Waals surface area contributed by atoms with Gasteiger partial charge < -0.3 is 15.2 Å². The van der Waals surface area contributed by atoms with Crippen molar-refractivity contribution < 1.29 is 19.6 Å². The average molecular weight is 324 g/mol. The van der Waals surface area contributed by atoms with Crippen molar-refractivity contribution in [3.8, 4) is 0 Å². The minimum atomic E-state index is -1.28. The van der Waals surface area contributed by atoms with Crippen molar-refractivity contribution in [3.05, 3.63) is 45.5 Å². The van der Waals surface area contributed by atoms with Crippen LogP contribution in [0.2, 0.25) is 5.02 Å². The molecule has 8 heteroatoms. The van der Waals surface area contributed by atoms with Crippen molar-refractivity contribution in [2.24, 2.45) is 11.8 Å². The number of amides is 1. The van der Waals surface area contributed by atoms with Crippen LogP contribution in [0, 0.1) is 22.0 Å². The molecule has 0 radical (unpaired) electrons. The van der Waals surface area contributed by atoms with Crippen LogP contribution in [0.25, 0.3) is 0 Å². The van der Waals surface area contributed by atoms with E-state index in [2.05, 4.69) is 5.32 Å². The van der Waals surface area contributed by atoms with E-state index in [0.717, 1.165) is 6.07 Å². The lowest BCUT2D eigenvalue weighted by Crippen LogP contribution is -2.41. The third-order valence-electron chi connectivity index (χ3n) is 3.49. The molecular weight excluding hydrogens is 312 g/mol. The molecule has 1 aromatic carbocycles. The Labute approximate surface area is 130 Å². The predicted molar refractivity (Wildman–Crippen MR) is 77.1 cm³/mol. The van der Waals surface area contributed by atoms with Crippen LogP contribution in [0.3, 0.4) is 0 Å². The normalized spacial score (nSPS) is 20.4. The maximum Gasteiger partial charge on any atom is 0.271 e. The lowest BCUT2D eigenvalue weighted by atomic mass is 9.82. The molecule has 0 aromatic heterocycles. The summed E-state index contributed by atoms with van der Waals surface area (Å²) in [5, 5.41) is 24.2. The summed E-state index contributed by atoms with van der Waals surface area (Å²) in [6, 6.07) is 3.64. The number of benzene rings is 1. The van der Waals surface area contributed by atoms with Crippen LogP contribution in [-0.2, 0) is 9.59 Å². The molecule has 0 saturated heterocycles. The molecule has 1 N–H and O–H groups in total. The summed E-state index contributed by atoms with van der Waals surface area (Å²) >= 11 is 5.89. The van der Waals surface area contributed by atoms with Gasteiger partial charge in [0, 0.05) is 24.0 Å². The quantitative estimate of drug-likeness (QED) is 0.513. The zero-order chi connectivity index (χ0) is 16.3. The summed E-state index contributed by atoms with van der Waals surface area (Å²) in [7, 11) is 0. The van der Waals surface area contributed by atoms with Gasteiger partial charge in [-0.2, -0.15) is 0 Å². The van der Waals surface area contributed by atoms with Crippen molar-refractivity contribution in [1.82, 2.24) is 0 Å². The number of rotatable bonds is 4. The van der Waals surface area contributed by atoms with Crippen molar-refractivity contribution >= 4 is 34.9 Å². The molecule has 0 saturated carbocycles. The first kappa shape index (κ1) is 16.0. The molecule has 0 spiro atoms. The molecule has 7 nitrogen and oxygen atoms in total. The zero-order valence-corrected chi connectivity index (χ0v) is 12.1. The Hall–Kier alpha value is -2.41. The smallest absolute Gasteiger partial charge is 0.271 e. The third-order valence-corrected chi connectivity index (χ3v) is 3.81. The Morgan fingerprint density at radius 1 is 1.23 bits per heavy atom. The standard InChI is InChI=1S/C14H13ClN2O5/c15-11-7-8(17(21)22)5-6-12(11)16-13(18)9-3-1-2-4-10(9)14(19)20/h1-2,5-7,9-10H,3-4H2,(H,16,18)(H,19,20)/p-1/t9-,10+/m0/s1. The first-order valence-electron chi connectivity index (χ1n) is 6.51. The van der Waals surface area contributed by atoms with Gasteiger partial charge in [-0.3, -0.25) is 14.9 Å². The van der Waals surface area contributed by atoms with Gasteiger partial charge in [0.2, 0.25) is 5.91 Å². The van der Waals surface area contributed by atoms with Crippen molar-refractivity contribution in [2.45, 2.75) is 12.8 Å². The number of nitrogens with zero attached hydrogens (tertiary/aromatic N) is 1. The number of nitro benzene ring substituents is 1. The predicted octanol–water partition coefficient (Wildman–Crippen LogP) is 1.52. The lowest BCUT2D eigenvalue weighted by Gasteiger charge is -2.28. The van der Waals surface area contributed by atoms with Crippen LogP contribution in [0.5, 0.6) is 0 Å². The molecule has 0 aliphatic heterocycles. The number of carboxylic acid groups (broad SMARTS) is 1. The topological polar surface area (TPSA) is 112 Å². The van der Waals surface area contributed by atoms with Gasteiger partial charge >= 0.3 is 0 Å². The van der Waals surface area contributed by atoms with Gasteiger partial charge in [0.25, 0.3) is 5.69 Å². The van der Waals surface area contributed by atoms with E-state index in [1.807, 2.05) is 0 Å². The molecule has 1 aliphatic carbocycles. The Bertz CT molecular complexity index is 659. The minimum Gasteiger partial charge on any atom is -0.550 e. The highest BCUT2D eigenvalue weighted by Gasteiger charge is 2.30. The maximum absolute atomic E-state index is 12.2. The average Bonchev–Trinajstić information content (AvgIpc) is 2.48. The van der Waals surface area contributed by atoms with E-state index in [0.29, 0.717) is 0 Å². The molecule has 2 rings (SSSR count). The molecule has 0 bridgehead atoms. The van der Waals surface area contributed by atoms with Crippen LogP contribution >= 0.6 is 11.6 Å². The van der Waals surface area contributed by atoms with Crippen molar-refractivity contribution in [2.75, 3.05) is 5.32 Å². The van der Waals surface area contributed by atoms with Gasteiger partial charge in [0.1, 0.15) is 0 Å². The highest BCUT2D eigenvalue weighted by atomic mass is 35.5. The summed E-state index contributed by atoms with van der Waals surface area (Å²) in [6.07, 6.45) is 3.95. The maximum atomic E-state index is 12.2. The van der Waals surface area contributed by atoms with Crippen molar-refractivity contribution in [3.63, 3.8) is 0 Å². The fourth-order valence-electron chi connectivity index (χ4n) is 2.31. The van der Waals surface area contributed by atoms with Gasteiger partial charge in [-0.05, 0) is 18.9 Å². The molecular formula is C14H12ClN2O5-. The van der Waals surface area contributed by atoms with E-state index < -0.39 is 28.6 Å². The van der Waals surface area contributed by atoms with Crippen LogP contribution < -0.4 is 10.4 Å². The SMILES string of the molecule is O=C(Nc1ccc([N+](=O)[O-])cc1Cl)[C@H]1CC=CC[C@H]1C(=O)[O-].